The molecule has 2 aliphatic rings. The average molecular weight is 534 g/mol. The van der Waals surface area contributed by atoms with Crippen LogP contribution < -0.4 is 10.2 Å². The maximum Gasteiger partial charge on any atom is 0.305 e. The summed E-state index contributed by atoms with van der Waals surface area (Å²) < 4.78 is 12.7. The molecule has 4 heterocycles. The van der Waals surface area contributed by atoms with Crippen molar-refractivity contribution in [1.82, 2.24) is 19.8 Å². The first-order valence-electron chi connectivity index (χ1n) is 13.1. The molecule has 0 aliphatic carbocycles. The molecule has 0 amide bonds. The number of aryl methyl sites for hydroxylation is 1. The summed E-state index contributed by atoms with van der Waals surface area (Å²) in [5.41, 5.74) is 6.80. The molecule has 1 aromatic carbocycles. The van der Waals surface area contributed by atoms with Crippen LogP contribution in [-0.4, -0.2) is 65.5 Å². The third-order valence-corrected chi connectivity index (χ3v) is 7.83. The van der Waals surface area contributed by atoms with Crippen molar-refractivity contribution >= 4 is 29.0 Å². The van der Waals surface area contributed by atoms with E-state index in [1.807, 2.05) is 24.4 Å². The van der Waals surface area contributed by atoms with Gasteiger partial charge in [-0.1, -0.05) is 6.07 Å². The molecule has 3 aromatic rings. The minimum absolute atomic E-state index is 0.0531. The van der Waals surface area contributed by atoms with Crippen molar-refractivity contribution in [3.63, 3.8) is 0 Å². The summed E-state index contributed by atoms with van der Waals surface area (Å²) >= 11 is 5.81. The lowest BCUT2D eigenvalue weighted by atomic mass is 9.96. The molecule has 2 aliphatic heterocycles. The fourth-order valence-corrected chi connectivity index (χ4v) is 5.93. The Bertz CT molecular complexity index is 1270. The molecule has 0 saturated carbocycles. The zero-order valence-electron chi connectivity index (χ0n) is 22.2. The zero-order valence-corrected chi connectivity index (χ0v) is 23.0. The van der Waals surface area contributed by atoms with Crippen LogP contribution in [0.15, 0.2) is 54.7 Å². The van der Waals surface area contributed by atoms with Crippen LogP contribution in [0.2, 0.25) is 0 Å². The van der Waals surface area contributed by atoms with E-state index in [4.69, 9.17) is 21.7 Å². The predicted molar refractivity (Wildman–Crippen MR) is 152 cm³/mol. The lowest BCUT2D eigenvalue weighted by molar-refractivity contribution is -0.140. The maximum absolute atomic E-state index is 11.8. The highest BCUT2D eigenvalue weighted by Gasteiger charge is 2.41. The first-order valence-corrected chi connectivity index (χ1v) is 13.6. The van der Waals surface area contributed by atoms with E-state index >= 15 is 0 Å². The molecule has 0 spiro atoms. The van der Waals surface area contributed by atoms with E-state index in [9.17, 15) is 4.79 Å². The van der Waals surface area contributed by atoms with Crippen LogP contribution in [0, 0.1) is 13.8 Å². The third kappa shape index (κ3) is 5.26. The molecule has 2 atom stereocenters. The van der Waals surface area contributed by atoms with Crippen LogP contribution >= 0.6 is 12.2 Å². The Kier molecular flexibility index (Phi) is 7.95. The second-order valence-corrected chi connectivity index (χ2v) is 10.2. The Hall–Kier alpha value is -3.43. The van der Waals surface area contributed by atoms with Crippen molar-refractivity contribution in [2.75, 3.05) is 44.9 Å². The molecule has 2 saturated heterocycles. The molecule has 0 bridgehead atoms. The summed E-state index contributed by atoms with van der Waals surface area (Å²) in [4.78, 5) is 21.0. The smallest absolute Gasteiger partial charge is 0.305 e. The average Bonchev–Trinajstić information content (AvgIpc) is 3.43. The molecule has 8 nitrogen and oxygen atoms in total. The van der Waals surface area contributed by atoms with Crippen LogP contribution in [0.5, 0.6) is 0 Å². The first-order chi connectivity index (χ1) is 18.5. The Morgan fingerprint density at radius 3 is 2.55 bits per heavy atom. The number of nitrogens with zero attached hydrogens (tertiary/aromatic N) is 4. The van der Waals surface area contributed by atoms with E-state index < -0.39 is 0 Å². The number of esters is 1. The Labute approximate surface area is 229 Å². The quantitative estimate of drug-likeness (QED) is 0.340. The summed E-state index contributed by atoms with van der Waals surface area (Å²) in [6.07, 6.45) is 2.82. The summed E-state index contributed by atoms with van der Waals surface area (Å²) in [7, 11) is 1.42. The van der Waals surface area contributed by atoms with Gasteiger partial charge in [0.1, 0.15) is 0 Å². The molecule has 1 N–H and O–H groups in total. The molecule has 2 aromatic heterocycles. The summed E-state index contributed by atoms with van der Waals surface area (Å²) in [6.45, 7) is 8.33. The number of ether oxygens (including phenoxy) is 2. The monoisotopic (exact) mass is 533 g/mol. The molecule has 38 heavy (non-hydrogen) atoms. The Balaban J connectivity index is 1.47. The summed E-state index contributed by atoms with van der Waals surface area (Å²) in [6, 6.07) is 16.8. The number of rotatable bonds is 8. The number of hydrogen-bond acceptors (Lipinski definition) is 6. The molecule has 200 valence electrons. The number of carbonyl (C=O) groups is 1. The fourth-order valence-electron chi connectivity index (χ4n) is 5.60. The van der Waals surface area contributed by atoms with E-state index in [2.05, 4.69) is 68.8 Å². The number of hydrogen-bond donors (Lipinski definition) is 1. The minimum atomic E-state index is -0.209. The molecule has 0 unspecified atom stereocenters. The standard InChI is InChI=1S/C29H35N5O3S/c1-20-19-24(21(2)34(20)23-11-9-22(10-12-23)32-15-17-37-18-16-32)28-27(25-7-4-5-13-30-25)31-29(38)33(28)14-6-8-26(35)36-3/h4-5,7,9-13,19,27-28H,6,8,14-18H2,1-3H3,(H,31,38)/t27-,28-/m0/s1. The highest BCUT2D eigenvalue weighted by atomic mass is 32.1. The SMILES string of the molecule is COC(=O)CCCN1C(=S)N[C@@H](c2ccccn2)[C@@H]1c1cc(C)n(-c2ccc(N3CCOCC3)cc2)c1C. The van der Waals surface area contributed by atoms with Crippen LogP contribution in [0.25, 0.3) is 5.69 Å². The Morgan fingerprint density at radius 2 is 1.87 bits per heavy atom. The Morgan fingerprint density at radius 1 is 1.13 bits per heavy atom. The van der Waals surface area contributed by atoms with Gasteiger partial charge in [0.2, 0.25) is 0 Å². The van der Waals surface area contributed by atoms with Crippen molar-refractivity contribution in [1.29, 1.82) is 0 Å². The first kappa shape index (κ1) is 26.2. The van der Waals surface area contributed by atoms with Crippen molar-refractivity contribution in [3.05, 3.63) is 77.4 Å². The van der Waals surface area contributed by atoms with Gasteiger partial charge in [0.05, 0.1) is 38.1 Å². The molecular weight excluding hydrogens is 498 g/mol. The van der Waals surface area contributed by atoms with Crippen LogP contribution in [0.1, 0.15) is 47.6 Å². The number of morpholine rings is 1. The predicted octanol–water partition coefficient (Wildman–Crippen LogP) is 4.25. The van der Waals surface area contributed by atoms with Gasteiger partial charge in [-0.2, -0.15) is 0 Å². The van der Waals surface area contributed by atoms with Gasteiger partial charge in [0.25, 0.3) is 0 Å². The lowest BCUT2D eigenvalue weighted by Gasteiger charge is -2.29. The van der Waals surface area contributed by atoms with E-state index in [0.717, 1.165) is 49.1 Å². The number of benzene rings is 1. The number of anilines is 1. The van der Waals surface area contributed by atoms with Gasteiger partial charge < -0.3 is 29.2 Å². The van der Waals surface area contributed by atoms with Crippen molar-refractivity contribution in [2.45, 2.75) is 38.8 Å². The van der Waals surface area contributed by atoms with Crippen molar-refractivity contribution in [2.24, 2.45) is 0 Å². The van der Waals surface area contributed by atoms with E-state index in [-0.39, 0.29) is 18.1 Å². The van der Waals surface area contributed by atoms with Crippen molar-refractivity contribution in [3.8, 4) is 5.69 Å². The second-order valence-electron chi connectivity index (χ2n) is 9.78. The topological polar surface area (TPSA) is 71.9 Å². The van der Waals surface area contributed by atoms with Crippen LogP contribution in [0.4, 0.5) is 5.69 Å². The van der Waals surface area contributed by atoms with E-state index in [0.29, 0.717) is 24.5 Å². The van der Waals surface area contributed by atoms with Crippen molar-refractivity contribution < 1.29 is 14.3 Å². The maximum atomic E-state index is 11.8. The van der Waals surface area contributed by atoms with Crippen LogP contribution in [-0.2, 0) is 14.3 Å². The lowest BCUT2D eigenvalue weighted by Crippen LogP contribution is -2.36. The second kappa shape index (κ2) is 11.5. The van der Waals surface area contributed by atoms with Crippen LogP contribution in [0.3, 0.4) is 0 Å². The largest absolute Gasteiger partial charge is 0.469 e. The van der Waals surface area contributed by atoms with Gasteiger partial charge in [-0.05, 0) is 80.5 Å². The van der Waals surface area contributed by atoms with E-state index in [1.165, 1.54) is 18.4 Å². The number of pyridine rings is 1. The number of aromatic nitrogens is 2. The number of methoxy groups -OCH3 is 1. The van der Waals surface area contributed by atoms with Gasteiger partial charge in [-0.15, -0.1) is 0 Å². The number of thiocarbonyl (C=S) groups is 1. The van der Waals surface area contributed by atoms with E-state index in [1.54, 1.807) is 0 Å². The van der Waals surface area contributed by atoms with Gasteiger partial charge in [0.15, 0.2) is 5.11 Å². The highest BCUT2D eigenvalue weighted by Crippen LogP contribution is 2.41. The van der Waals surface area contributed by atoms with Gasteiger partial charge in [-0.25, -0.2) is 0 Å². The molecular formula is C29H35N5O3S. The van der Waals surface area contributed by atoms with Gasteiger partial charge in [0, 0.05) is 55.0 Å². The van der Waals surface area contributed by atoms with Gasteiger partial charge >= 0.3 is 5.97 Å². The zero-order chi connectivity index (χ0) is 26.6. The molecule has 0 radical (unpaired) electrons. The fraction of sp³-hybridized carbons (Fsp3) is 0.414. The number of carbonyl (C=O) groups excluding carboxylic acids is 1. The normalized spacial score (nSPS) is 19.5. The minimum Gasteiger partial charge on any atom is -0.469 e. The molecule has 9 heteroatoms. The highest BCUT2D eigenvalue weighted by molar-refractivity contribution is 7.80. The third-order valence-electron chi connectivity index (χ3n) is 7.48. The number of nitrogens with one attached hydrogen (secondary N) is 1. The molecule has 2 fully saturated rings. The molecule has 5 rings (SSSR count). The van der Waals surface area contributed by atoms with Gasteiger partial charge in [-0.3, -0.25) is 9.78 Å². The summed E-state index contributed by atoms with van der Waals surface area (Å²) in [5, 5.41) is 4.19. The summed E-state index contributed by atoms with van der Waals surface area (Å²) in [5.74, 6) is -0.209.